The number of fused-ring (bicyclic) bond motifs is 5. The number of Topliss-reactive ketones (excluding diaryl/α,β-unsaturated/α-hetero) is 1. The molecular weight excluding hydrogens is 360 g/mol. The van der Waals surface area contributed by atoms with Gasteiger partial charge in [-0.25, -0.2) is 0 Å². The van der Waals surface area contributed by atoms with E-state index in [-0.39, 0.29) is 30.8 Å². The molecule has 2 saturated carbocycles. The molecule has 0 unspecified atom stereocenters. The van der Waals surface area contributed by atoms with Gasteiger partial charge in [-0.1, -0.05) is 32.9 Å². The average Bonchev–Trinajstić information content (AvgIpc) is 3.08. The van der Waals surface area contributed by atoms with Crippen molar-refractivity contribution in [3.8, 4) is 0 Å². The highest BCUT2D eigenvalue weighted by molar-refractivity contribution is 6.04. The molecule has 0 aromatic rings. The summed E-state index contributed by atoms with van der Waals surface area (Å²) in [6.07, 6.45) is 3.94. The molecule has 0 saturated heterocycles. The highest BCUT2D eigenvalue weighted by Crippen LogP contribution is 2.80. The van der Waals surface area contributed by atoms with Gasteiger partial charge >= 0.3 is 5.97 Å². The Morgan fingerprint density at radius 3 is 2.50 bits per heavy atom. The van der Waals surface area contributed by atoms with Crippen LogP contribution in [0.25, 0.3) is 0 Å². The highest BCUT2D eigenvalue weighted by Gasteiger charge is 2.84. The molecule has 0 heterocycles. The number of hydrogen-bond donors (Lipinski definition) is 3. The lowest BCUT2D eigenvalue weighted by molar-refractivity contribution is -0.178. The SMILES string of the molecule is COC(=O)[C@@]12C[C@@H](C)[C@@]3(O)[C@@H](C=C(CO)C[C@]4(O)C(=O)C(C)=C[C@@H]34)[C@@H]1C2(C)C. The lowest BCUT2D eigenvalue weighted by Gasteiger charge is -2.50. The van der Waals surface area contributed by atoms with Gasteiger partial charge < -0.3 is 20.1 Å². The predicted molar refractivity (Wildman–Crippen MR) is 101 cm³/mol. The minimum atomic E-state index is -1.76. The Morgan fingerprint density at radius 2 is 1.93 bits per heavy atom. The molecule has 0 aromatic heterocycles. The molecule has 4 aliphatic carbocycles. The number of aliphatic hydroxyl groups excluding tert-OH is 1. The Hall–Kier alpha value is -1.50. The molecule has 3 N–H and O–H groups in total. The van der Waals surface area contributed by atoms with E-state index in [0.29, 0.717) is 17.6 Å². The Labute approximate surface area is 165 Å². The van der Waals surface area contributed by atoms with E-state index in [1.807, 2.05) is 26.8 Å². The molecule has 2 fully saturated rings. The Balaban J connectivity index is 1.92. The summed E-state index contributed by atoms with van der Waals surface area (Å²) in [7, 11) is 1.39. The van der Waals surface area contributed by atoms with Gasteiger partial charge in [0.1, 0.15) is 5.60 Å². The fourth-order valence-corrected chi connectivity index (χ4v) is 7.10. The lowest BCUT2D eigenvalue weighted by Crippen LogP contribution is -2.60. The summed E-state index contributed by atoms with van der Waals surface area (Å²) in [5.74, 6) is -2.46. The number of ether oxygens (including phenoxy) is 1. The van der Waals surface area contributed by atoms with Crippen LogP contribution in [-0.4, -0.2) is 52.0 Å². The first kappa shape index (κ1) is 19.8. The van der Waals surface area contributed by atoms with E-state index in [0.717, 1.165) is 0 Å². The quantitative estimate of drug-likeness (QED) is 0.486. The summed E-state index contributed by atoms with van der Waals surface area (Å²) in [5, 5.41) is 33.4. The maximum atomic E-state index is 12.8. The fourth-order valence-electron chi connectivity index (χ4n) is 7.10. The van der Waals surface area contributed by atoms with Crippen LogP contribution in [0.4, 0.5) is 0 Å². The van der Waals surface area contributed by atoms with Gasteiger partial charge in [-0.05, 0) is 41.7 Å². The van der Waals surface area contributed by atoms with Crippen LogP contribution in [0.2, 0.25) is 0 Å². The number of hydrogen-bond acceptors (Lipinski definition) is 6. The van der Waals surface area contributed by atoms with Crippen molar-refractivity contribution in [2.75, 3.05) is 13.7 Å². The molecule has 6 nitrogen and oxygen atoms in total. The zero-order valence-electron chi connectivity index (χ0n) is 17.2. The van der Waals surface area contributed by atoms with Crippen LogP contribution in [0.5, 0.6) is 0 Å². The van der Waals surface area contributed by atoms with Crippen molar-refractivity contribution in [1.82, 2.24) is 0 Å². The van der Waals surface area contributed by atoms with Crippen molar-refractivity contribution in [3.63, 3.8) is 0 Å². The maximum Gasteiger partial charge on any atom is 0.312 e. The van der Waals surface area contributed by atoms with E-state index in [4.69, 9.17) is 4.74 Å². The molecule has 28 heavy (non-hydrogen) atoms. The molecule has 154 valence electrons. The zero-order valence-corrected chi connectivity index (χ0v) is 17.2. The number of esters is 1. The first-order chi connectivity index (χ1) is 12.9. The Morgan fingerprint density at radius 1 is 1.29 bits per heavy atom. The van der Waals surface area contributed by atoms with E-state index in [1.165, 1.54) is 7.11 Å². The molecule has 0 aromatic carbocycles. The van der Waals surface area contributed by atoms with Gasteiger partial charge in [0.25, 0.3) is 0 Å². The topological polar surface area (TPSA) is 104 Å². The molecule has 0 bridgehead atoms. The van der Waals surface area contributed by atoms with Crippen LogP contribution in [0.3, 0.4) is 0 Å². The molecule has 4 aliphatic rings. The molecule has 6 heteroatoms. The molecule has 0 radical (unpaired) electrons. The van der Waals surface area contributed by atoms with E-state index in [1.54, 1.807) is 13.0 Å². The third-order valence-corrected chi connectivity index (χ3v) is 8.53. The summed E-state index contributed by atoms with van der Waals surface area (Å²) in [4.78, 5) is 25.6. The normalized spacial score (nSPS) is 48.5. The van der Waals surface area contributed by atoms with Gasteiger partial charge in [-0.2, -0.15) is 0 Å². The largest absolute Gasteiger partial charge is 0.469 e. The molecule has 4 rings (SSSR count). The van der Waals surface area contributed by atoms with Crippen LogP contribution in [0, 0.1) is 34.5 Å². The second-order valence-electron chi connectivity index (χ2n) is 9.92. The van der Waals surface area contributed by atoms with E-state index >= 15 is 0 Å². The summed E-state index contributed by atoms with van der Waals surface area (Å²) < 4.78 is 5.15. The molecule has 7 atom stereocenters. The average molecular weight is 390 g/mol. The van der Waals surface area contributed by atoms with Crippen molar-refractivity contribution < 1.29 is 29.6 Å². The number of aliphatic hydroxyl groups is 3. The fraction of sp³-hybridized carbons (Fsp3) is 0.727. The maximum absolute atomic E-state index is 12.8. The van der Waals surface area contributed by atoms with Crippen molar-refractivity contribution in [3.05, 3.63) is 23.3 Å². The van der Waals surface area contributed by atoms with Gasteiger partial charge in [0.15, 0.2) is 5.78 Å². The van der Waals surface area contributed by atoms with Crippen molar-refractivity contribution in [1.29, 1.82) is 0 Å². The molecular formula is C22H30O6. The van der Waals surface area contributed by atoms with Crippen molar-refractivity contribution >= 4 is 11.8 Å². The monoisotopic (exact) mass is 390 g/mol. The van der Waals surface area contributed by atoms with Gasteiger partial charge in [0.05, 0.1) is 24.7 Å². The van der Waals surface area contributed by atoms with Gasteiger partial charge in [-0.3, -0.25) is 9.59 Å². The van der Waals surface area contributed by atoms with Gasteiger partial charge in [0, 0.05) is 18.3 Å². The van der Waals surface area contributed by atoms with Crippen molar-refractivity contribution in [2.24, 2.45) is 34.5 Å². The van der Waals surface area contributed by atoms with Crippen molar-refractivity contribution in [2.45, 2.75) is 51.7 Å². The molecule has 0 aliphatic heterocycles. The molecule has 0 spiro atoms. The Kier molecular flexibility index (Phi) is 3.93. The summed E-state index contributed by atoms with van der Waals surface area (Å²) >= 11 is 0. The standard InChI is InChI=1S/C22H30O6/c1-11-6-15-21(26,17(11)24)9-13(10-23)7-14-16-19(3,4)20(16,18(25)28-5)8-12(2)22(14,15)27/h6-7,12,14-16,23,26-27H,8-10H2,1-5H3/t12-,14+,15-,16-,20-,21-,22-/m1/s1. The lowest BCUT2D eigenvalue weighted by atomic mass is 9.58. The van der Waals surface area contributed by atoms with Crippen LogP contribution in [-0.2, 0) is 14.3 Å². The summed E-state index contributed by atoms with van der Waals surface area (Å²) in [5.41, 5.74) is -3.30. The Bertz CT molecular complexity index is 825. The predicted octanol–water partition coefficient (Wildman–Crippen LogP) is 1.39. The van der Waals surface area contributed by atoms with Crippen LogP contribution < -0.4 is 0 Å². The second kappa shape index (κ2) is 5.55. The number of carbonyl (C=O) groups excluding carboxylic acids is 2. The van der Waals surface area contributed by atoms with Gasteiger partial charge in [0.2, 0.25) is 0 Å². The van der Waals surface area contributed by atoms with Crippen LogP contribution >= 0.6 is 0 Å². The third kappa shape index (κ3) is 1.94. The first-order valence-electron chi connectivity index (χ1n) is 9.99. The minimum absolute atomic E-state index is 0.00918. The van der Waals surface area contributed by atoms with Crippen LogP contribution in [0.1, 0.15) is 40.5 Å². The number of methoxy groups -OCH3 is 1. The number of ketones is 1. The van der Waals surface area contributed by atoms with E-state index in [9.17, 15) is 24.9 Å². The highest BCUT2D eigenvalue weighted by atomic mass is 16.5. The summed E-state index contributed by atoms with van der Waals surface area (Å²) in [6.45, 7) is 7.26. The molecule has 0 amide bonds. The third-order valence-electron chi connectivity index (χ3n) is 8.53. The second-order valence-corrected chi connectivity index (χ2v) is 9.92. The van der Waals surface area contributed by atoms with E-state index in [2.05, 4.69) is 0 Å². The summed E-state index contributed by atoms with van der Waals surface area (Å²) in [6, 6.07) is 0. The smallest absolute Gasteiger partial charge is 0.312 e. The van der Waals surface area contributed by atoms with E-state index < -0.39 is 39.7 Å². The number of carbonyl (C=O) groups is 2. The first-order valence-corrected chi connectivity index (χ1v) is 9.99. The number of rotatable bonds is 2. The zero-order chi connectivity index (χ0) is 20.9. The minimum Gasteiger partial charge on any atom is -0.469 e. The van der Waals surface area contributed by atoms with Crippen LogP contribution in [0.15, 0.2) is 23.3 Å². The van der Waals surface area contributed by atoms with Gasteiger partial charge in [-0.15, -0.1) is 0 Å².